The molecule has 0 saturated carbocycles. The summed E-state index contributed by atoms with van der Waals surface area (Å²) in [5.41, 5.74) is 2.03. The highest BCUT2D eigenvalue weighted by atomic mass is 16.3. The van der Waals surface area contributed by atoms with Crippen LogP contribution in [0.2, 0.25) is 0 Å². The molecule has 2 unspecified atom stereocenters. The fourth-order valence-electron chi connectivity index (χ4n) is 2.43. The van der Waals surface area contributed by atoms with E-state index in [1.807, 2.05) is 12.3 Å². The molecule has 0 aliphatic carbocycles. The Kier molecular flexibility index (Phi) is 3.64. The van der Waals surface area contributed by atoms with Gasteiger partial charge in [-0.1, -0.05) is 0 Å². The lowest BCUT2D eigenvalue weighted by atomic mass is 10.1. The SMILES string of the molecule is CC1CN(c2cnccc2CO)CC(C)N1C. The van der Waals surface area contributed by atoms with E-state index >= 15 is 0 Å². The molecular formula is C13H21N3O. The highest BCUT2D eigenvalue weighted by Crippen LogP contribution is 2.24. The van der Waals surface area contributed by atoms with Gasteiger partial charge >= 0.3 is 0 Å². The molecule has 1 aliphatic heterocycles. The van der Waals surface area contributed by atoms with Crippen molar-refractivity contribution < 1.29 is 5.11 Å². The third kappa shape index (κ3) is 2.42. The minimum atomic E-state index is 0.0763. The summed E-state index contributed by atoms with van der Waals surface area (Å²) in [7, 11) is 2.17. The van der Waals surface area contributed by atoms with Crippen LogP contribution in [0, 0.1) is 0 Å². The number of hydrogen-bond acceptors (Lipinski definition) is 4. The van der Waals surface area contributed by atoms with Gasteiger partial charge in [-0.2, -0.15) is 0 Å². The van der Waals surface area contributed by atoms with Crippen LogP contribution in [0.25, 0.3) is 0 Å². The van der Waals surface area contributed by atoms with Crippen molar-refractivity contribution in [1.82, 2.24) is 9.88 Å². The minimum Gasteiger partial charge on any atom is -0.392 e. The number of pyridine rings is 1. The average molecular weight is 235 g/mol. The van der Waals surface area contributed by atoms with Gasteiger partial charge in [0.15, 0.2) is 0 Å². The molecule has 2 heterocycles. The smallest absolute Gasteiger partial charge is 0.0703 e. The predicted octanol–water partition coefficient (Wildman–Crippen LogP) is 1.10. The molecule has 1 aliphatic rings. The molecular weight excluding hydrogens is 214 g/mol. The topological polar surface area (TPSA) is 39.6 Å². The van der Waals surface area contributed by atoms with Gasteiger partial charge in [0, 0.05) is 36.9 Å². The van der Waals surface area contributed by atoms with Crippen LogP contribution in [-0.4, -0.2) is 47.2 Å². The van der Waals surface area contributed by atoms with Crippen molar-refractivity contribution in [3.05, 3.63) is 24.0 Å². The number of rotatable bonds is 2. The monoisotopic (exact) mass is 235 g/mol. The maximum atomic E-state index is 9.37. The molecule has 0 radical (unpaired) electrons. The van der Waals surface area contributed by atoms with Crippen molar-refractivity contribution in [3.8, 4) is 0 Å². The highest BCUT2D eigenvalue weighted by molar-refractivity contribution is 5.52. The zero-order valence-electron chi connectivity index (χ0n) is 10.8. The summed E-state index contributed by atoms with van der Waals surface area (Å²) in [4.78, 5) is 8.89. The molecule has 2 rings (SSSR count). The van der Waals surface area contributed by atoms with Crippen LogP contribution < -0.4 is 4.90 Å². The van der Waals surface area contributed by atoms with Crippen LogP contribution in [0.5, 0.6) is 0 Å². The zero-order valence-corrected chi connectivity index (χ0v) is 10.8. The lowest BCUT2D eigenvalue weighted by Gasteiger charge is -2.43. The molecule has 4 heteroatoms. The van der Waals surface area contributed by atoms with E-state index in [1.54, 1.807) is 6.20 Å². The predicted molar refractivity (Wildman–Crippen MR) is 69.1 cm³/mol. The van der Waals surface area contributed by atoms with Crippen molar-refractivity contribution in [2.75, 3.05) is 25.0 Å². The molecule has 4 nitrogen and oxygen atoms in total. The van der Waals surface area contributed by atoms with E-state index < -0.39 is 0 Å². The summed E-state index contributed by atoms with van der Waals surface area (Å²) in [6.07, 6.45) is 3.59. The van der Waals surface area contributed by atoms with Crippen molar-refractivity contribution in [3.63, 3.8) is 0 Å². The van der Waals surface area contributed by atoms with E-state index in [1.165, 1.54) is 0 Å². The number of aromatic nitrogens is 1. The van der Waals surface area contributed by atoms with E-state index in [9.17, 15) is 5.11 Å². The fraction of sp³-hybridized carbons (Fsp3) is 0.615. The van der Waals surface area contributed by atoms with Crippen molar-refractivity contribution in [2.45, 2.75) is 32.5 Å². The van der Waals surface area contributed by atoms with Gasteiger partial charge in [-0.05, 0) is 27.0 Å². The first-order valence-electron chi connectivity index (χ1n) is 6.14. The van der Waals surface area contributed by atoms with Gasteiger partial charge in [0.2, 0.25) is 0 Å². The molecule has 1 N–H and O–H groups in total. The van der Waals surface area contributed by atoms with Gasteiger partial charge in [0.05, 0.1) is 18.5 Å². The maximum Gasteiger partial charge on any atom is 0.0703 e. The summed E-state index contributed by atoms with van der Waals surface area (Å²) in [6.45, 7) is 6.52. The van der Waals surface area contributed by atoms with E-state index in [2.05, 4.69) is 35.7 Å². The molecule has 1 aromatic rings. The minimum absolute atomic E-state index is 0.0763. The molecule has 94 valence electrons. The maximum absolute atomic E-state index is 9.37. The van der Waals surface area contributed by atoms with Crippen molar-refractivity contribution >= 4 is 5.69 Å². The lowest BCUT2D eigenvalue weighted by molar-refractivity contribution is 0.169. The first-order valence-corrected chi connectivity index (χ1v) is 6.14. The van der Waals surface area contributed by atoms with Gasteiger partial charge in [0.1, 0.15) is 0 Å². The number of piperazine rings is 1. The molecule has 1 fully saturated rings. The fourth-order valence-corrected chi connectivity index (χ4v) is 2.43. The third-order valence-corrected chi connectivity index (χ3v) is 3.76. The van der Waals surface area contributed by atoms with Crippen LogP contribution in [0.3, 0.4) is 0 Å². The number of hydrogen-bond donors (Lipinski definition) is 1. The third-order valence-electron chi connectivity index (χ3n) is 3.76. The molecule has 0 aromatic carbocycles. The number of aliphatic hydroxyl groups excluding tert-OH is 1. The number of nitrogens with zero attached hydrogens (tertiary/aromatic N) is 3. The standard InChI is InChI=1S/C13H21N3O/c1-10-7-16(8-11(2)15(10)3)13-6-14-5-4-12(13)9-17/h4-6,10-11,17H,7-9H2,1-3H3. The second kappa shape index (κ2) is 5.02. The van der Waals surface area contributed by atoms with Crippen LogP contribution in [0.4, 0.5) is 5.69 Å². The quantitative estimate of drug-likeness (QED) is 0.833. The molecule has 0 spiro atoms. The first kappa shape index (κ1) is 12.3. The van der Waals surface area contributed by atoms with E-state index in [4.69, 9.17) is 0 Å². The van der Waals surface area contributed by atoms with E-state index in [-0.39, 0.29) is 6.61 Å². The Balaban J connectivity index is 2.22. The van der Waals surface area contributed by atoms with E-state index in [0.717, 1.165) is 24.3 Å². The van der Waals surface area contributed by atoms with Gasteiger partial charge in [-0.15, -0.1) is 0 Å². The second-order valence-electron chi connectivity index (χ2n) is 4.93. The highest BCUT2D eigenvalue weighted by Gasteiger charge is 2.27. The Morgan fingerprint density at radius 2 is 2.00 bits per heavy atom. The lowest BCUT2D eigenvalue weighted by Crippen LogP contribution is -2.55. The Morgan fingerprint density at radius 1 is 1.35 bits per heavy atom. The van der Waals surface area contributed by atoms with Crippen molar-refractivity contribution in [1.29, 1.82) is 0 Å². The van der Waals surface area contributed by atoms with Gasteiger partial charge < -0.3 is 10.0 Å². The number of likely N-dealkylation sites (N-methyl/N-ethyl adjacent to an activating group) is 1. The molecule has 1 aromatic heterocycles. The molecule has 0 bridgehead atoms. The Bertz CT molecular complexity index is 371. The molecule has 0 amide bonds. The largest absolute Gasteiger partial charge is 0.392 e. The summed E-state index contributed by atoms with van der Waals surface area (Å²) in [5, 5.41) is 9.37. The average Bonchev–Trinajstić information content (AvgIpc) is 2.35. The van der Waals surface area contributed by atoms with Crippen LogP contribution >= 0.6 is 0 Å². The summed E-state index contributed by atoms with van der Waals surface area (Å²) < 4.78 is 0. The Labute approximate surface area is 103 Å². The summed E-state index contributed by atoms with van der Waals surface area (Å²) >= 11 is 0. The zero-order chi connectivity index (χ0) is 12.4. The van der Waals surface area contributed by atoms with Crippen molar-refractivity contribution in [2.24, 2.45) is 0 Å². The van der Waals surface area contributed by atoms with Gasteiger partial charge in [-0.3, -0.25) is 9.88 Å². The molecule has 1 saturated heterocycles. The van der Waals surface area contributed by atoms with Crippen LogP contribution in [0.1, 0.15) is 19.4 Å². The number of aliphatic hydroxyl groups is 1. The molecule has 2 atom stereocenters. The first-order chi connectivity index (χ1) is 8.13. The summed E-state index contributed by atoms with van der Waals surface area (Å²) in [6, 6.07) is 2.93. The summed E-state index contributed by atoms with van der Waals surface area (Å²) in [5.74, 6) is 0. The normalized spacial score (nSPS) is 26.2. The second-order valence-corrected chi connectivity index (χ2v) is 4.93. The Morgan fingerprint density at radius 3 is 2.59 bits per heavy atom. The Hall–Kier alpha value is -1.13. The van der Waals surface area contributed by atoms with Gasteiger partial charge in [-0.25, -0.2) is 0 Å². The molecule has 17 heavy (non-hydrogen) atoms. The number of anilines is 1. The van der Waals surface area contributed by atoms with Crippen LogP contribution in [-0.2, 0) is 6.61 Å². The van der Waals surface area contributed by atoms with E-state index in [0.29, 0.717) is 12.1 Å². The van der Waals surface area contributed by atoms with Crippen LogP contribution in [0.15, 0.2) is 18.5 Å². The van der Waals surface area contributed by atoms with Gasteiger partial charge in [0.25, 0.3) is 0 Å².